The first-order valence-electron chi connectivity index (χ1n) is 7.90. The first kappa shape index (κ1) is 22.0. The third kappa shape index (κ3) is 6.06. The van der Waals surface area contributed by atoms with Gasteiger partial charge < -0.3 is 20.3 Å². The van der Waals surface area contributed by atoms with Crippen LogP contribution in [0.15, 0.2) is 12.1 Å². The third-order valence-electron chi connectivity index (χ3n) is 3.65. The number of halogens is 4. The van der Waals surface area contributed by atoms with Crippen molar-refractivity contribution < 1.29 is 27.5 Å². The second-order valence-electron chi connectivity index (χ2n) is 5.27. The molecule has 0 atom stereocenters. The van der Waals surface area contributed by atoms with Gasteiger partial charge in [-0.25, -0.2) is 0 Å². The number of carbonyl (C=O) groups excluding carboxylic acids is 2. The van der Waals surface area contributed by atoms with E-state index in [-0.39, 0.29) is 22.0 Å². The Morgan fingerprint density at radius 2 is 1.85 bits per heavy atom. The van der Waals surface area contributed by atoms with Gasteiger partial charge in [0, 0.05) is 19.2 Å². The molecule has 0 aromatic heterocycles. The highest BCUT2D eigenvalue weighted by Gasteiger charge is 2.39. The van der Waals surface area contributed by atoms with E-state index in [1.165, 1.54) is 7.11 Å². The van der Waals surface area contributed by atoms with Crippen molar-refractivity contribution in [3.63, 3.8) is 0 Å². The monoisotopic (exact) mass is 395 g/mol. The first-order valence-corrected chi connectivity index (χ1v) is 8.28. The molecule has 0 aliphatic heterocycles. The molecule has 1 rings (SSSR count). The SMILES string of the molecule is CCN(CC)CCNC(=O)c1cc(Cl)c(NC(=O)C(F)(F)F)cc1OC. The maximum Gasteiger partial charge on any atom is 0.471 e. The molecule has 0 saturated heterocycles. The molecule has 0 bridgehead atoms. The number of likely N-dealkylation sites (N-methyl/N-ethyl adjacent to an activating group) is 1. The summed E-state index contributed by atoms with van der Waals surface area (Å²) in [5.74, 6) is -2.66. The van der Waals surface area contributed by atoms with E-state index < -0.39 is 18.0 Å². The largest absolute Gasteiger partial charge is 0.496 e. The Hall–Kier alpha value is -2.00. The van der Waals surface area contributed by atoms with Crippen molar-refractivity contribution in [2.24, 2.45) is 0 Å². The molecule has 0 aliphatic rings. The summed E-state index contributed by atoms with van der Waals surface area (Å²) in [6, 6.07) is 2.23. The molecular weight excluding hydrogens is 375 g/mol. The minimum atomic E-state index is -5.06. The Morgan fingerprint density at radius 3 is 2.35 bits per heavy atom. The fourth-order valence-corrected chi connectivity index (χ4v) is 2.36. The summed E-state index contributed by atoms with van der Waals surface area (Å²) in [4.78, 5) is 25.5. The molecule has 10 heteroatoms. The zero-order valence-corrected chi connectivity index (χ0v) is 15.4. The lowest BCUT2D eigenvalue weighted by Gasteiger charge is -2.18. The number of amides is 2. The summed E-state index contributed by atoms with van der Waals surface area (Å²) in [5, 5.41) is 4.14. The number of alkyl halides is 3. The second kappa shape index (κ2) is 9.63. The first-order chi connectivity index (χ1) is 12.1. The number of benzene rings is 1. The van der Waals surface area contributed by atoms with Crippen LogP contribution >= 0.6 is 11.6 Å². The minimum Gasteiger partial charge on any atom is -0.496 e. The molecule has 0 aliphatic carbocycles. The molecular formula is C16H21ClF3N3O3. The standard InChI is InChI=1S/C16H21ClF3N3O3/c1-4-23(5-2)7-6-21-14(24)10-8-11(17)12(9-13(10)26-3)22-15(25)16(18,19)20/h8-9H,4-7H2,1-3H3,(H,21,24)(H,22,25). The van der Waals surface area contributed by atoms with Crippen LogP contribution in [0.4, 0.5) is 18.9 Å². The molecule has 26 heavy (non-hydrogen) atoms. The van der Waals surface area contributed by atoms with Crippen LogP contribution < -0.4 is 15.4 Å². The maximum atomic E-state index is 12.4. The summed E-state index contributed by atoms with van der Waals surface area (Å²) in [6.07, 6.45) is -5.06. The molecule has 0 heterocycles. The van der Waals surface area contributed by atoms with Crippen LogP contribution in [-0.2, 0) is 4.79 Å². The van der Waals surface area contributed by atoms with Crippen molar-refractivity contribution in [3.05, 3.63) is 22.7 Å². The zero-order chi connectivity index (χ0) is 19.9. The number of nitrogens with zero attached hydrogens (tertiary/aromatic N) is 1. The van der Waals surface area contributed by atoms with Crippen molar-refractivity contribution >= 4 is 29.1 Å². The Morgan fingerprint density at radius 1 is 1.23 bits per heavy atom. The summed E-state index contributed by atoms with van der Waals surface area (Å²) in [6.45, 7) is 6.72. The minimum absolute atomic E-state index is 0.00721. The molecule has 2 amide bonds. The van der Waals surface area contributed by atoms with E-state index in [9.17, 15) is 22.8 Å². The van der Waals surface area contributed by atoms with Crippen LogP contribution in [0.3, 0.4) is 0 Å². The molecule has 0 fully saturated rings. The lowest BCUT2D eigenvalue weighted by atomic mass is 10.1. The van der Waals surface area contributed by atoms with Gasteiger partial charge in [0.1, 0.15) is 5.75 Å². The predicted octanol–water partition coefficient (Wildman–Crippen LogP) is 2.92. The number of methoxy groups -OCH3 is 1. The molecule has 0 saturated carbocycles. The van der Waals surface area contributed by atoms with Gasteiger partial charge in [-0.05, 0) is 19.2 Å². The quantitative estimate of drug-likeness (QED) is 0.710. The van der Waals surface area contributed by atoms with Crippen molar-refractivity contribution in [1.82, 2.24) is 10.2 Å². The number of rotatable bonds is 8. The molecule has 6 nitrogen and oxygen atoms in total. The van der Waals surface area contributed by atoms with Crippen molar-refractivity contribution in [2.75, 3.05) is 38.6 Å². The lowest BCUT2D eigenvalue weighted by Crippen LogP contribution is -2.35. The predicted molar refractivity (Wildman–Crippen MR) is 92.8 cm³/mol. The van der Waals surface area contributed by atoms with E-state index in [1.807, 2.05) is 13.8 Å². The summed E-state index contributed by atoms with van der Waals surface area (Å²) < 4.78 is 42.1. The van der Waals surface area contributed by atoms with Crippen LogP contribution in [0.25, 0.3) is 0 Å². The molecule has 0 radical (unpaired) electrons. The third-order valence-corrected chi connectivity index (χ3v) is 3.96. The zero-order valence-electron chi connectivity index (χ0n) is 14.7. The number of ether oxygens (including phenoxy) is 1. The molecule has 0 unspecified atom stereocenters. The van der Waals surface area contributed by atoms with Gasteiger partial charge in [-0.3, -0.25) is 9.59 Å². The van der Waals surface area contributed by atoms with Gasteiger partial charge in [0.2, 0.25) is 0 Å². The van der Waals surface area contributed by atoms with Crippen LogP contribution in [0.1, 0.15) is 24.2 Å². The van der Waals surface area contributed by atoms with Gasteiger partial charge in [-0.15, -0.1) is 0 Å². The number of anilines is 1. The van der Waals surface area contributed by atoms with E-state index in [2.05, 4.69) is 10.2 Å². The number of carbonyl (C=O) groups is 2. The van der Waals surface area contributed by atoms with E-state index in [0.717, 1.165) is 25.2 Å². The molecule has 0 spiro atoms. The van der Waals surface area contributed by atoms with E-state index in [0.29, 0.717) is 13.1 Å². The van der Waals surface area contributed by atoms with Crippen molar-refractivity contribution in [1.29, 1.82) is 0 Å². The van der Waals surface area contributed by atoms with Crippen molar-refractivity contribution in [3.8, 4) is 5.75 Å². The summed E-state index contributed by atoms with van der Waals surface area (Å²) in [5.41, 5.74) is -0.243. The normalized spacial score (nSPS) is 11.4. The Labute approximate surface area is 154 Å². The average Bonchev–Trinajstić information content (AvgIpc) is 2.59. The molecule has 146 valence electrons. The highest BCUT2D eigenvalue weighted by atomic mass is 35.5. The fourth-order valence-electron chi connectivity index (χ4n) is 2.15. The van der Waals surface area contributed by atoms with Crippen LogP contribution in [0, 0.1) is 0 Å². The average molecular weight is 396 g/mol. The smallest absolute Gasteiger partial charge is 0.471 e. The Balaban J connectivity index is 2.91. The topological polar surface area (TPSA) is 70.7 Å². The molecule has 1 aromatic rings. The van der Waals surface area contributed by atoms with Crippen LogP contribution in [0.2, 0.25) is 5.02 Å². The Kier molecular flexibility index (Phi) is 8.16. The highest BCUT2D eigenvalue weighted by molar-refractivity contribution is 6.34. The van der Waals surface area contributed by atoms with Gasteiger partial charge in [0.05, 0.1) is 23.4 Å². The van der Waals surface area contributed by atoms with Gasteiger partial charge >= 0.3 is 12.1 Å². The second-order valence-corrected chi connectivity index (χ2v) is 5.67. The molecule has 2 N–H and O–H groups in total. The summed E-state index contributed by atoms with van der Waals surface area (Å²) in [7, 11) is 1.26. The van der Waals surface area contributed by atoms with Gasteiger partial charge in [0.15, 0.2) is 0 Å². The number of hydrogen-bond donors (Lipinski definition) is 2. The van der Waals surface area contributed by atoms with Gasteiger partial charge in [-0.1, -0.05) is 25.4 Å². The maximum absolute atomic E-state index is 12.4. The van der Waals surface area contributed by atoms with Gasteiger partial charge in [0.25, 0.3) is 5.91 Å². The Bertz CT molecular complexity index is 650. The van der Waals surface area contributed by atoms with E-state index >= 15 is 0 Å². The molecule has 1 aromatic carbocycles. The number of hydrogen-bond acceptors (Lipinski definition) is 4. The summed E-state index contributed by atoms with van der Waals surface area (Å²) >= 11 is 5.90. The van der Waals surface area contributed by atoms with Gasteiger partial charge in [-0.2, -0.15) is 13.2 Å². The van der Waals surface area contributed by atoms with E-state index in [1.54, 1.807) is 5.32 Å². The fraction of sp³-hybridized carbons (Fsp3) is 0.500. The van der Waals surface area contributed by atoms with Crippen LogP contribution in [0.5, 0.6) is 5.75 Å². The number of nitrogens with one attached hydrogen (secondary N) is 2. The van der Waals surface area contributed by atoms with Crippen molar-refractivity contribution in [2.45, 2.75) is 20.0 Å². The van der Waals surface area contributed by atoms with Crippen LogP contribution in [-0.4, -0.2) is 56.2 Å². The van der Waals surface area contributed by atoms with E-state index in [4.69, 9.17) is 16.3 Å². The highest BCUT2D eigenvalue weighted by Crippen LogP contribution is 2.32. The lowest BCUT2D eigenvalue weighted by molar-refractivity contribution is -0.167.